The van der Waals surface area contributed by atoms with Crippen molar-refractivity contribution in [1.29, 1.82) is 0 Å². The number of carbonyl (C=O) groups is 3. The number of nitrogens with one attached hydrogen (secondary N) is 1. The van der Waals surface area contributed by atoms with Crippen molar-refractivity contribution in [2.45, 2.75) is 32.7 Å². The van der Waals surface area contributed by atoms with Gasteiger partial charge in [-0.1, -0.05) is 13.8 Å². The predicted octanol–water partition coefficient (Wildman–Crippen LogP) is -0.523. The van der Waals surface area contributed by atoms with Gasteiger partial charge in [0.1, 0.15) is 6.04 Å². The van der Waals surface area contributed by atoms with Crippen LogP contribution in [0.4, 0.5) is 0 Å². The smallest absolute Gasteiger partial charge is 0.326 e. The summed E-state index contributed by atoms with van der Waals surface area (Å²) in [4.78, 5) is 33.0. The SMILES string of the molecule is CC1(C)CC1C(=O)N[C@@H](CC(N)=O)C(=O)O. The highest BCUT2D eigenvalue weighted by Crippen LogP contribution is 2.51. The summed E-state index contributed by atoms with van der Waals surface area (Å²) >= 11 is 0. The van der Waals surface area contributed by atoms with Gasteiger partial charge in [-0.2, -0.15) is 0 Å². The first-order chi connectivity index (χ1) is 7.24. The maximum atomic E-state index is 11.6. The van der Waals surface area contributed by atoms with Gasteiger partial charge in [-0.3, -0.25) is 9.59 Å². The molecule has 1 aliphatic rings. The van der Waals surface area contributed by atoms with E-state index in [0.717, 1.165) is 6.42 Å². The van der Waals surface area contributed by atoms with Crippen molar-refractivity contribution in [3.8, 4) is 0 Å². The molecular formula is C10H16N2O4. The Labute approximate surface area is 93.2 Å². The lowest BCUT2D eigenvalue weighted by molar-refractivity contribution is -0.143. The molecule has 90 valence electrons. The molecule has 1 aliphatic carbocycles. The molecular weight excluding hydrogens is 212 g/mol. The third kappa shape index (κ3) is 2.95. The number of nitrogens with two attached hydrogens (primary N) is 1. The van der Waals surface area contributed by atoms with E-state index in [1.54, 1.807) is 0 Å². The predicted molar refractivity (Wildman–Crippen MR) is 55.3 cm³/mol. The highest BCUT2D eigenvalue weighted by molar-refractivity contribution is 5.90. The second-order valence-electron chi connectivity index (χ2n) is 4.82. The van der Waals surface area contributed by atoms with E-state index in [1.807, 2.05) is 13.8 Å². The summed E-state index contributed by atoms with van der Waals surface area (Å²) in [6, 6.07) is -1.22. The topological polar surface area (TPSA) is 109 Å². The van der Waals surface area contributed by atoms with Crippen LogP contribution >= 0.6 is 0 Å². The van der Waals surface area contributed by atoms with Crippen LogP contribution in [0, 0.1) is 11.3 Å². The highest BCUT2D eigenvalue weighted by Gasteiger charge is 2.51. The Morgan fingerprint density at radius 1 is 1.50 bits per heavy atom. The summed E-state index contributed by atoms with van der Waals surface area (Å²) in [5.74, 6) is -2.48. The summed E-state index contributed by atoms with van der Waals surface area (Å²) in [5.41, 5.74) is 4.83. The van der Waals surface area contributed by atoms with Crippen LogP contribution in [0.3, 0.4) is 0 Å². The van der Waals surface area contributed by atoms with Gasteiger partial charge in [-0.25, -0.2) is 4.79 Å². The molecule has 0 radical (unpaired) electrons. The molecule has 2 amide bonds. The van der Waals surface area contributed by atoms with E-state index < -0.39 is 17.9 Å². The molecule has 1 rings (SSSR count). The first-order valence-corrected chi connectivity index (χ1v) is 5.05. The van der Waals surface area contributed by atoms with Crippen LogP contribution in [0.2, 0.25) is 0 Å². The fourth-order valence-corrected chi connectivity index (χ4v) is 1.59. The molecule has 16 heavy (non-hydrogen) atoms. The largest absolute Gasteiger partial charge is 0.480 e. The van der Waals surface area contributed by atoms with Gasteiger partial charge in [0.15, 0.2) is 0 Å². The van der Waals surface area contributed by atoms with Gasteiger partial charge < -0.3 is 16.2 Å². The number of carbonyl (C=O) groups excluding carboxylic acids is 2. The van der Waals surface area contributed by atoms with Gasteiger partial charge in [-0.05, 0) is 11.8 Å². The van der Waals surface area contributed by atoms with Gasteiger partial charge in [0.2, 0.25) is 11.8 Å². The van der Waals surface area contributed by atoms with Crippen LogP contribution in [0.15, 0.2) is 0 Å². The Balaban J connectivity index is 2.53. The van der Waals surface area contributed by atoms with Gasteiger partial charge in [-0.15, -0.1) is 0 Å². The number of amides is 2. The molecule has 1 unspecified atom stereocenters. The minimum Gasteiger partial charge on any atom is -0.480 e. The average Bonchev–Trinajstić information content (AvgIpc) is 2.73. The number of hydrogen-bond donors (Lipinski definition) is 3. The van der Waals surface area contributed by atoms with Crippen LogP contribution < -0.4 is 11.1 Å². The van der Waals surface area contributed by atoms with Crippen molar-refractivity contribution < 1.29 is 19.5 Å². The lowest BCUT2D eigenvalue weighted by Gasteiger charge is -2.13. The van der Waals surface area contributed by atoms with Gasteiger partial charge in [0.05, 0.1) is 6.42 Å². The van der Waals surface area contributed by atoms with Crippen molar-refractivity contribution in [2.75, 3.05) is 0 Å². The van der Waals surface area contributed by atoms with Crippen molar-refractivity contribution in [1.82, 2.24) is 5.32 Å². The number of primary amides is 1. The Hall–Kier alpha value is -1.59. The third-order valence-corrected chi connectivity index (χ3v) is 2.85. The summed E-state index contributed by atoms with van der Waals surface area (Å²) in [6.45, 7) is 3.86. The molecule has 0 heterocycles. The maximum Gasteiger partial charge on any atom is 0.326 e. The lowest BCUT2D eigenvalue weighted by Crippen LogP contribution is -2.44. The second-order valence-corrected chi connectivity index (χ2v) is 4.82. The van der Waals surface area contributed by atoms with E-state index >= 15 is 0 Å². The summed E-state index contributed by atoms with van der Waals surface area (Å²) in [6.07, 6.45) is 0.357. The summed E-state index contributed by atoms with van der Waals surface area (Å²) in [7, 11) is 0. The molecule has 6 nitrogen and oxygen atoms in total. The number of carboxylic acid groups (broad SMARTS) is 1. The van der Waals surface area contributed by atoms with Crippen LogP contribution in [0.25, 0.3) is 0 Å². The fourth-order valence-electron chi connectivity index (χ4n) is 1.59. The molecule has 0 bridgehead atoms. The van der Waals surface area contributed by atoms with E-state index in [0.29, 0.717) is 0 Å². The number of carboxylic acids is 1. The molecule has 0 aromatic rings. The van der Waals surface area contributed by atoms with Crippen molar-refractivity contribution in [3.05, 3.63) is 0 Å². The zero-order chi connectivity index (χ0) is 12.5. The lowest BCUT2D eigenvalue weighted by atomic mass is 10.1. The second kappa shape index (κ2) is 4.11. The maximum absolute atomic E-state index is 11.6. The standard InChI is InChI=1S/C10H16N2O4/c1-10(2)4-5(10)8(14)12-6(9(15)16)3-7(11)13/h5-6H,3-4H2,1-2H3,(H2,11,13)(H,12,14)(H,15,16)/t5?,6-/m0/s1. The molecule has 0 aliphatic heterocycles. The van der Waals surface area contributed by atoms with E-state index in [-0.39, 0.29) is 23.7 Å². The molecule has 1 fully saturated rings. The molecule has 4 N–H and O–H groups in total. The van der Waals surface area contributed by atoms with E-state index in [1.165, 1.54) is 0 Å². The van der Waals surface area contributed by atoms with E-state index in [4.69, 9.17) is 10.8 Å². The van der Waals surface area contributed by atoms with Crippen molar-refractivity contribution in [2.24, 2.45) is 17.1 Å². The van der Waals surface area contributed by atoms with Crippen molar-refractivity contribution in [3.63, 3.8) is 0 Å². The first-order valence-electron chi connectivity index (χ1n) is 5.05. The average molecular weight is 228 g/mol. The quantitative estimate of drug-likeness (QED) is 0.588. The van der Waals surface area contributed by atoms with E-state index in [9.17, 15) is 14.4 Å². The minimum absolute atomic E-state index is 0.0696. The Bertz CT molecular complexity index is 338. The molecule has 0 spiro atoms. The molecule has 0 saturated heterocycles. The number of hydrogen-bond acceptors (Lipinski definition) is 3. The van der Waals surface area contributed by atoms with Gasteiger partial charge >= 0.3 is 5.97 Å². The van der Waals surface area contributed by atoms with Gasteiger partial charge in [0, 0.05) is 5.92 Å². The van der Waals surface area contributed by atoms with E-state index in [2.05, 4.69) is 5.32 Å². The zero-order valence-electron chi connectivity index (χ0n) is 9.32. The minimum atomic E-state index is -1.24. The summed E-state index contributed by atoms with van der Waals surface area (Å²) < 4.78 is 0. The Morgan fingerprint density at radius 2 is 2.00 bits per heavy atom. The number of aliphatic carboxylic acids is 1. The Kier molecular flexibility index (Phi) is 3.21. The van der Waals surface area contributed by atoms with Crippen LogP contribution in [-0.4, -0.2) is 28.9 Å². The van der Waals surface area contributed by atoms with Crippen LogP contribution in [0.1, 0.15) is 26.7 Å². The molecule has 1 saturated carbocycles. The normalized spacial score (nSPS) is 23.2. The number of rotatable bonds is 5. The first kappa shape index (κ1) is 12.5. The fraction of sp³-hybridized carbons (Fsp3) is 0.700. The zero-order valence-corrected chi connectivity index (χ0v) is 9.32. The van der Waals surface area contributed by atoms with Crippen LogP contribution in [0.5, 0.6) is 0 Å². The van der Waals surface area contributed by atoms with Gasteiger partial charge in [0.25, 0.3) is 0 Å². The summed E-state index contributed by atoms with van der Waals surface area (Å²) in [5, 5.41) is 11.1. The highest BCUT2D eigenvalue weighted by atomic mass is 16.4. The molecule has 0 aromatic heterocycles. The van der Waals surface area contributed by atoms with Crippen molar-refractivity contribution >= 4 is 17.8 Å². The molecule has 0 aromatic carbocycles. The third-order valence-electron chi connectivity index (χ3n) is 2.85. The van der Waals surface area contributed by atoms with Crippen LogP contribution in [-0.2, 0) is 14.4 Å². The monoisotopic (exact) mass is 228 g/mol. The molecule has 6 heteroatoms. The Morgan fingerprint density at radius 3 is 2.31 bits per heavy atom. The molecule has 2 atom stereocenters.